The van der Waals surface area contributed by atoms with Crippen molar-refractivity contribution in [1.29, 1.82) is 0 Å². The van der Waals surface area contributed by atoms with Gasteiger partial charge < -0.3 is 9.80 Å². The van der Waals surface area contributed by atoms with E-state index in [-0.39, 0.29) is 0 Å². The molecule has 0 amide bonds. The lowest BCUT2D eigenvalue weighted by Gasteiger charge is -2.42. The second-order valence-electron chi connectivity index (χ2n) is 9.08. The van der Waals surface area contributed by atoms with Crippen molar-refractivity contribution < 1.29 is 0 Å². The number of anilines is 1. The summed E-state index contributed by atoms with van der Waals surface area (Å²) in [5, 5.41) is 5.80. The van der Waals surface area contributed by atoms with Crippen LogP contribution in [0.2, 0.25) is 0 Å². The number of benzene rings is 2. The first-order valence-electron chi connectivity index (χ1n) is 11.6. The first-order valence-corrected chi connectivity index (χ1v) is 11.6. The van der Waals surface area contributed by atoms with Crippen LogP contribution in [0.4, 0.5) is 5.82 Å². The van der Waals surface area contributed by atoms with Gasteiger partial charge in [-0.25, -0.2) is 9.97 Å². The molecule has 32 heavy (non-hydrogen) atoms. The van der Waals surface area contributed by atoms with Crippen molar-refractivity contribution in [1.82, 2.24) is 24.6 Å². The van der Waals surface area contributed by atoms with Crippen LogP contribution < -0.4 is 4.90 Å². The molecule has 2 fully saturated rings. The molecule has 0 radical (unpaired) electrons. The van der Waals surface area contributed by atoms with Crippen LogP contribution in [-0.4, -0.2) is 51.3 Å². The number of likely N-dealkylation sites (tertiary alicyclic amines) is 1. The molecule has 0 N–H and O–H groups in total. The van der Waals surface area contributed by atoms with Crippen LogP contribution >= 0.6 is 0 Å². The molecule has 2 aliphatic rings. The van der Waals surface area contributed by atoms with E-state index in [0.717, 1.165) is 66.7 Å². The number of fused-ring (bicyclic) bond motifs is 1. The molecule has 0 aliphatic carbocycles. The van der Waals surface area contributed by atoms with Gasteiger partial charge >= 0.3 is 0 Å². The Hall–Kier alpha value is -3.25. The quantitative estimate of drug-likeness (QED) is 0.475. The van der Waals surface area contributed by atoms with E-state index >= 15 is 0 Å². The first kappa shape index (κ1) is 19.4. The molecule has 162 valence electrons. The molecule has 2 aliphatic heterocycles. The first-order chi connectivity index (χ1) is 15.8. The Kier molecular flexibility index (Phi) is 4.87. The van der Waals surface area contributed by atoms with Crippen LogP contribution in [0, 0.1) is 0 Å². The fourth-order valence-electron chi connectivity index (χ4n) is 5.06. The summed E-state index contributed by atoms with van der Waals surface area (Å²) in [6, 6.07) is 18.1. The third-order valence-corrected chi connectivity index (χ3v) is 7.09. The molecule has 2 aromatic heterocycles. The van der Waals surface area contributed by atoms with E-state index < -0.39 is 0 Å². The van der Waals surface area contributed by atoms with Gasteiger partial charge in [0, 0.05) is 23.7 Å². The Morgan fingerprint density at radius 3 is 2.50 bits per heavy atom. The van der Waals surface area contributed by atoms with Crippen molar-refractivity contribution >= 4 is 16.7 Å². The summed E-state index contributed by atoms with van der Waals surface area (Å²) < 4.78 is 2.16. The summed E-state index contributed by atoms with van der Waals surface area (Å²) in [6.45, 7) is 3.29. The van der Waals surface area contributed by atoms with Gasteiger partial charge in [0.05, 0.1) is 23.8 Å². The number of piperidine rings is 1. The molecular formula is C26H28N6. The van der Waals surface area contributed by atoms with E-state index in [4.69, 9.17) is 5.10 Å². The zero-order chi connectivity index (χ0) is 21.5. The normalized spacial score (nSPS) is 19.9. The van der Waals surface area contributed by atoms with Crippen molar-refractivity contribution in [2.75, 3.05) is 31.6 Å². The highest BCUT2D eigenvalue weighted by Gasteiger charge is 2.31. The van der Waals surface area contributed by atoms with Crippen molar-refractivity contribution in [3.8, 4) is 11.1 Å². The SMILES string of the molecule is CN1CCC(n2cc(-c3ccc4c(N5CCC5c5ccccc5)ncnc4c3)cn2)CC1. The molecule has 0 bridgehead atoms. The van der Waals surface area contributed by atoms with E-state index in [1.807, 2.05) is 6.20 Å². The van der Waals surface area contributed by atoms with Gasteiger partial charge in [-0.3, -0.25) is 4.68 Å². The average Bonchev–Trinajstić information content (AvgIpc) is 3.30. The number of hydrogen-bond acceptors (Lipinski definition) is 5. The molecule has 6 rings (SSSR count). The topological polar surface area (TPSA) is 50.1 Å². The van der Waals surface area contributed by atoms with Gasteiger partial charge in [-0.05, 0) is 62.7 Å². The van der Waals surface area contributed by atoms with Gasteiger partial charge in [-0.1, -0.05) is 36.4 Å². The van der Waals surface area contributed by atoms with E-state index in [2.05, 4.69) is 86.2 Å². The predicted molar refractivity (Wildman–Crippen MR) is 128 cm³/mol. The minimum atomic E-state index is 0.391. The molecule has 4 aromatic rings. The van der Waals surface area contributed by atoms with Crippen molar-refractivity contribution in [3.63, 3.8) is 0 Å². The lowest BCUT2D eigenvalue weighted by molar-refractivity contribution is 0.212. The number of aromatic nitrogens is 4. The Bertz CT molecular complexity index is 1230. The third-order valence-electron chi connectivity index (χ3n) is 7.09. The van der Waals surface area contributed by atoms with Crippen molar-refractivity contribution in [2.24, 2.45) is 0 Å². The lowest BCUT2D eigenvalue weighted by Crippen LogP contribution is -2.41. The maximum atomic E-state index is 4.69. The Morgan fingerprint density at radius 2 is 1.72 bits per heavy atom. The molecule has 0 spiro atoms. The van der Waals surface area contributed by atoms with Gasteiger partial charge in [-0.15, -0.1) is 0 Å². The second kappa shape index (κ2) is 8.02. The van der Waals surface area contributed by atoms with Crippen molar-refractivity contribution in [2.45, 2.75) is 31.3 Å². The zero-order valence-electron chi connectivity index (χ0n) is 18.4. The minimum Gasteiger partial charge on any atom is -0.349 e. The molecule has 6 heteroatoms. The number of hydrogen-bond donors (Lipinski definition) is 0. The lowest BCUT2D eigenvalue weighted by atomic mass is 9.94. The van der Waals surface area contributed by atoms with E-state index in [0.29, 0.717) is 12.1 Å². The molecule has 1 unspecified atom stereocenters. The van der Waals surface area contributed by atoms with Crippen LogP contribution in [0.1, 0.15) is 36.9 Å². The van der Waals surface area contributed by atoms with Crippen LogP contribution in [-0.2, 0) is 0 Å². The van der Waals surface area contributed by atoms with E-state index in [9.17, 15) is 0 Å². The smallest absolute Gasteiger partial charge is 0.140 e. The molecule has 0 saturated carbocycles. The third kappa shape index (κ3) is 3.45. The summed E-state index contributed by atoms with van der Waals surface area (Å²) in [4.78, 5) is 14.1. The van der Waals surface area contributed by atoms with Crippen LogP contribution in [0.25, 0.3) is 22.0 Å². The number of rotatable bonds is 4. The molecule has 2 aromatic carbocycles. The largest absolute Gasteiger partial charge is 0.349 e. The number of nitrogens with zero attached hydrogens (tertiary/aromatic N) is 6. The Morgan fingerprint density at radius 1 is 0.875 bits per heavy atom. The van der Waals surface area contributed by atoms with Crippen LogP contribution in [0.5, 0.6) is 0 Å². The predicted octanol–water partition coefficient (Wildman–Crippen LogP) is 4.71. The van der Waals surface area contributed by atoms with E-state index in [1.165, 1.54) is 5.56 Å². The summed E-state index contributed by atoms with van der Waals surface area (Å²) in [6.07, 6.45) is 9.35. The summed E-state index contributed by atoms with van der Waals surface area (Å²) in [5.74, 6) is 1.03. The van der Waals surface area contributed by atoms with Gasteiger partial charge in [-0.2, -0.15) is 5.10 Å². The summed E-state index contributed by atoms with van der Waals surface area (Å²) in [7, 11) is 2.19. The highest BCUT2D eigenvalue weighted by Crippen LogP contribution is 2.39. The van der Waals surface area contributed by atoms with E-state index in [1.54, 1.807) is 6.33 Å². The van der Waals surface area contributed by atoms with Crippen molar-refractivity contribution in [3.05, 3.63) is 72.8 Å². The van der Waals surface area contributed by atoms with Gasteiger partial charge in [0.1, 0.15) is 12.1 Å². The monoisotopic (exact) mass is 424 g/mol. The van der Waals surface area contributed by atoms with Crippen LogP contribution in [0.3, 0.4) is 0 Å². The molecule has 1 atom stereocenters. The summed E-state index contributed by atoms with van der Waals surface area (Å²) >= 11 is 0. The summed E-state index contributed by atoms with van der Waals surface area (Å²) in [5.41, 5.74) is 4.64. The highest BCUT2D eigenvalue weighted by atomic mass is 15.3. The van der Waals surface area contributed by atoms with Crippen LogP contribution in [0.15, 0.2) is 67.3 Å². The Labute approximate surface area is 188 Å². The highest BCUT2D eigenvalue weighted by molar-refractivity contribution is 5.92. The standard InChI is InChI=1S/C26H28N6/c1-30-12-9-22(10-13-30)32-17-21(16-29-32)20-7-8-23-24(15-20)27-18-28-26(23)31-14-11-25(31)19-5-3-2-4-6-19/h2-8,15-18,22,25H,9-14H2,1H3. The fraction of sp³-hybridized carbons (Fsp3) is 0.346. The molecule has 2 saturated heterocycles. The Balaban J connectivity index is 1.28. The fourth-order valence-corrected chi connectivity index (χ4v) is 5.06. The molecular weight excluding hydrogens is 396 g/mol. The van der Waals surface area contributed by atoms with Gasteiger partial charge in [0.25, 0.3) is 0 Å². The maximum absolute atomic E-state index is 4.69. The maximum Gasteiger partial charge on any atom is 0.140 e. The van der Waals surface area contributed by atoms with Gasteiger partial charge in [0.2, 0.25) is 0 Å². The molecule has 4 heterocycles. The zero-order valence-corrected chi connectivity index (χ0v) is 18.4. The second-order valence-corrected chi connectivity index (χ2v) is 9.08. The van der Waals surface area contributed by atoms with Gasteiger partial charge in [0.15, 0.2) is 0 Å². The molecule has 6 nitrogen and oxygen atoms in total. The average molecular weight is 425 g/mol. The minimum absolute atomic E-state index is 0.391.